The zero-order chi connectivity index (χ0) is 7.78. The van der Waals surface area contributed by atoms with E-state index in [0.29, 0.717) is 6.04 Å². The molecule has 0 atom stereocenters. The molecule has 1 aliphatic heterocycles. The number of rotatable bonds is 1. The van der Waals surface area contributed by atoms with E-state index in [-0.39, 0.29) is 5.91 Å². The quantitative estimate of drug-likeness (QED) is 0.496. The number of nitrogens with one attached hydrogen (secondary N) is 1. The molecule has 1 N–H and O–H groups in total. The Balaban J connectivity index is 2.21. The normalized spacial score (nSPS) is 23.5. The number of quaternary nitrogens is 1. The van der Waals surface area contributed by atoms with Gasteiger partial charge in [-0.3, -0.25) is 4.79 Å². The highest BCUT2D eigenvalue weighted by Gasteiger charge is 2.36. The van der Waals surface area contributed by atoms with Crippen molar-refractivity contribution in [3.8, 4) is 0 Å². The molecule has 0 aliphatic carbocycles. The molecule has 0 bridgehead atoms. The monoisotopic (exact) mass is 143 g/mol. The van der Waals surface area contributed by atoms with Gasteiger partial charge >= 0.3 is 0 Å². The lowest BCUT2D eigenvalue weighted by Gasteiger charge is -2.44. The number of likely N-dealkylation sites (tertiary alicyclic amines) is 1. The second-order valence-corrected chi connectivity index (χ2v) is 3.70. The summed E-state index contributed by atoms with van der Waals surface area (Å²) in [4.78, 5) is 10.5. The van der Waals surface area contributed by atoms with Gasteiger partial charge in [0.05, 0.1) is 14.1 Å². The summed E-state index contributed by atoms with van der Waals surface area (Å²) in [7, 11) is 4.33. The fraction of sp³-hybridized carbons (Fsp3) is 0.857. The van der Waals surface area contributed by atoms with Gasteiger partial charge in [-0.25, -0.2) is 0 Å². The molecular weight excluding hydrogens is 128 g/mol. The van der Waals surface area contributed by atoms with Gasteiger partial charge in [0.2, 0.25) is 5.91 Å². The lowest BCUT2D eigenvalue weighted by molar-refractivity contribution is -0.931. The molecule has 0 aromatic carbocycles. The number of carbonyl (C=O) groups excluding carboxylic acids is 1. The highest BCUT2D eigenvalue weighted by atomic mass is 16.1. The summed E-state index contributed by atoms with van der Waals surface area (Å²) in [5.41, 5.74) is 0. The van der Waals surface area contributed by atoms with Crippen molar-refractivity contribution in [2.75, 3.05) is 27.2 Å². The first-order chi connectivity index (χ1) is 4.49. The number of likely N-dealkylation sites (N-methyl/N-ethyl adjacent to an activating group) is 1. The first-order valence-corrected chi connectivity index (χ1v) is 3.59. The van der Waals surface area contributed by atoms with Crippen molar-refractivity contribution in [3.05, 3.63) is 0 Å². The van der Waals surface area contributed by atoms with Gasteiger partial charge in [-0.05, 0) is 0 Å². The zero-order valence-corrected chi connectivity index (χ0v) is 6.85. The molecule has 0 spiro atoms. The Kier molecular flexibility index (Phi) is 1.68. The molecule has 1 heterocycles. The largest absolute Gasteiger partial charge is 0.343 e. The SMILES string of the molecule is CC(=O)NC1C[N+](C)(C)C1. The van der Waals surface area contributed by atoms with Gasteiger partial charge in [0.25, 0.3) is 0 Å². The minimum atomic E-state index is 0.0877. The second kappa shape index (κ2) is 2.23. The molecule has 1 amide bonds. The van der Waals surface area contributed by atoms with Crippen LogP contribution < -0.4 is 5.32 Å². The van der Waals surface area contributed by atoms with Crippen LogP contribution in [0.5, 0.6) is 0 Å². The van der Waals surface area contributed by atoms with Crippen LogP contribution >= 0.6 is 0 Å². The molecule has 10 heavy (non-hydrogen) atoms. The lowest BCUT2D eigenvalue weighted by atomic mass is 10.1. The smallest absolute Gasteiger partial charge is 0.217 e. The summed E-state index contributed by atoms with van der Waals surface area (Å²) >= 11 is 0. The Morgan fingerprint density at radius 3 is 2.30 bits per heavy atom. The van der Waals surface area contributed by atoms with Crippen molar-refractivity contribution in [2.24, 2.45) is 0 Å². The molecule has 0 radical (unpaired) electrons. The van der Waals surface area contributed by atoms with Crippen molar-refractivity contribution in [1.82, 2.24) is 5.32 Å². The fourth-order valence-corrected chi connectivity index (χ4v) is 1.52. The van der Waals surface area contributed by atoms with Crippen LogP contribution in [0.15, 0.2) is 0 Å². The number of carbonyl (C=O) groups is 1. The van der Waals surface area contributed by atoms with Crippen LogP contribution in [-0.4, -0.2) is 43.6 Å². The zero-order valence-electron chi connectivity index (χ0n) is 6.85. The van der Waals surface area contributed by atoms with Crippen molar-refractivity contribution in [3.63, 3.8) is 0 Å². The van der Waals surface area contributed by atoms with Crippen LogP contribution in [0, 0.1) is 0 Å². The van der Waals surface area contributed by atoms with Crippen molar-refractivity contribution < 1.29 is 9.28 Å². The highest BCUT2D eigenvalue weighted by molar-refractivity contribution is 5.73. The molecule has 58 valence electrons. The summed E-state index contributed by atoms with van der Waals surface area (Å²) in [6.45, 7) is 3.71. The van der Waals surface area contributed by atoms with E-state index in [0.717, 1.165) is 17.6 Å². The third-order valence-electron chi connectivity index (χ3n) is 1.84. The van der Waals surface area contributed by atoms with Crippen LogP contribution in [0.25, 0.3) is 0 Å². The summed E-state index contributed by atoms with van der Waals surface area (Å²) in [6, 6.07) is 0.424. The maximum atomic E-state index is 10.5. The molecule has 0 saturated carbocycles. The van der Waals surface area contributed by atoms with Crippen molar-refractivity contribution >= 4 is 5.91 Å². The first-order valence-electron chi connectivity index (χ1n) is 3.59. The van der Waals surface area contributed by atoms with Crippen LogP contribution in [0.4, 0.5) is 0 Å². The van der Waals surface area contributed by atoms with E-state index in [1.54, 1.807) is 6.92 Å². The number of nitrogens with zero attached hydrogens (tertiary/aromatic N) is 1. The Labute approximate surface area is 61.6 Å². The third-order valence-corrected chi connectivity index (χ3v) is 1.84. The Morgan fingerprint density at radius 1 is 1.50 bits per heavy atom. The van der Waals surface area contributed by atoms with Gasteiger partial charge in [-0.15, -0.1) is 0 Å². The van der Waals surface area contributed by atoms with Crippen LogP contribution in [-0.2, 0) is 4.79 Å². The minimum Gasteiger partial charge on any atom is -0.343 e. The van der Waals surface area contributed by atoms with E-state index in [1.165, 1.54) is 0 Å². The molecule has 3 heteroatoms. The fourth-order valence-electron chi connectivity index (χ4n) is 1.52. The third kappa shape index (κ3) is 1.70. The van der Waals surface area contributed by atoms with Gasteiger partial charge in [-0.1, -0.05) is 0 Å². The van der Waals surface area contributed by atoms with Crippen molar-refractivity contribution in [2.45, 2.75) is 13.0 Å². The lowest BCUT2D eigenvalue weighted by Crippen LogP contribution is -2.66. The van der Waals surface area contributed by atoms with E-state index in [4.69, 9.17) is 0 Å². The minimum absolute atomic E-state index is 0.0877. The van der Waals surface area contributed by atoms with Gasteiger partial charge in [0.1, 0.15) is 19.1 Å². The van der Waals surface area contributed by atoms with Crippen molar-refractivity contribution in [1.29, 1.82) is 0 Å². The highest BCUT2D eigenvalue weighted by Crippen LogP contribution is 2.12. The predicted octanol–water partition coefficient (Wildman–Crippen LogP) is -0.419. The molecule has 0 aromatic heterocycles. The summed E-state index contributed by atoms with van der Waals surface area (Å²) in [5, 5.41) is 2.88. The molecule has 0 unspecified atom stereocenters. The summed E-state index contributed by atoms with van der Waals surface area (Å²) in [5.74, 6) is 0.0877. The maximum absolute atomic E-state index is 10.5. The molecular formula is C7H15N2O+. The molecule has 1 saturated heterocycles. The van der Waals surface area contributed by atoms with E-state index < -0.39 is 0 Å². The summed E-state index contributed by atoms with van der Waals surface area (Å²) < 4.78 is 1.03. The van der Waals surface area contributed by atoms with Crippen LogP contribution in [0.3, 0.4) is 0 Å². The van der Waals surface area contributed by atoms with Gasteiger partial charge in [-0.2, -0.15) is 0 Å². The summed E-state index contributed by atoms with van der Waals surface area (Å²) in [6.07, 6.45) is 0. The predicted molar refractivity (Wildman–Crippen MR) is 39.4 cm³/mol. The van der Waals surface area contributed by atoms with Crippen LogP contribution in [0.1, 0.15) is 6.92 Å². The standard InChI is InChI=1S/C7H14N2O/c1-6(10)8-7-4-9(2,3)5-7/h7H,4-5H2,1-3H3/p+1. The molecule has 1 rings (SSSR count). The van der Waals surface area contributed by atoms with Crippen LogP contribution in [0.2, 0.25) is 0 Å². The second-order valence-electron chi connectivity index (χ2n) is 3.70. The van der Waals surface area contributed by atoms with E-state index >= 15 is 0 Å². The number of amides is 1. The van der Waals surface area contributed by atoms with Gasteiger partial charge < -0.3 is 9.80 Å². The molecule has 1 fully saturated rings. The Hall–Kier alpha value is -0.570. The average molecular weight is 143 g/mol. The number of hydrogen-bond donors (Lipinski definition) is 1. The topological polar surface area (TPSA) is 29.1 Å². The molecule has 1 aliphatic rings. The Morgan fingerprint density at radius 2 is 2.00 bits per heavy atom. The molecule has 0 aromatic rings. The number of hydrogen-bond acceptors (Lipinski definition) is 1. The molecule has 3 nitrogen and oxygen atoms in total. The van der Waals surface area contributed by atoms with E-state index in [1.807, 2.05) is 0 Å². The Bertz CT molecular complexity index is 146. The van der Waals surface area contributed by atoms with Gasteiger partial charge in [0.15, 0.2) is 0 Å². The average Bonchev–Trinajstić information content (AvgIpc) is 1.57. The maximum Gasteiger partial charge on any atom is 0.217 e. The van der Waals surface area contributed by atoms with E-state index in [2.05, 4.69) is 19.4 Å². The van der Waals surface area contributed by atoms with E-state index in [9.17, 15) is 4.79 Å². The first kappa shape index (κ1) is 7.54. The van der Waals surface area contributed by atoms with Gasteiger partial charge in [0, 0.05) is 6.92 Å².